The zero-order chi connectivity index (χ0) is 20.0. The van der Waals surface area contributed by atoms with E-state index in [1.54, 1.807) is 0 Å². The van der Waals surface area contributed by atoms with Gasteiger partial charge < -0.3 is 15.2 Å². The number of hydrogen-bond donors (Lipinski definition) is 3. The van der Waals surface area contributed by atoms with Crippen molar-refractivity contribution >= 4 is 44.8 Å². The van der Waals surface area contributed by atoms with E-state index < -0.39 is 15.9 Å². The first-order valence-corrected chi connectivity index (χ1v) is 10.1. The number of rotatable bonds is 8. The number of anilines is 1. The molecule has 2 aromatic carbocycles. The molecule has 2 aromatic rings. The maximum absolute atomic E-state index is 12.5. The number of amides is 1. The van der Waals surface area contributed by atoms with Crippen LogP contribution in [0.15, 0.2) is 41.3 Å². The van der Waals surface area contributed by atoms with E-state index in [1.807, 2.05) is 0 Å². The highest BCUT2D eigenvalue weighted by Crippen LogP contribution is 2.29. The van der Waals surface area contributed by atoms with Crippen molar-refractivity contribution in [2.24, 2.45) is 0 Å². The lowest BCUT2D eigenvalue weighted by molar-refractivity contribution is 0.102. The van der Waals surface area contributed by atoms with Crippen LogP contribution in [0.3, 0.4) is 0 Å². The molecule has 0 spiro atoms. The van der Waals surface area contributed by atoms with Crippen LogP contribution in [0.25, 0.3) is 0 Å². The van der Waals surface area contributed by atoms with Gasteiger partial charge in [-0.1, -0.05) is 23.2 Å². The molecule has 0 radical (unpaired) electrons. The van der Waals surface area contributed by atoms with Gasteiger partial charge in [0.25, 0.3) is 5.91 Å². The first kappa shape index (κ1) is 21.5. The van der Waals surface area contributed by atoms with Gasteiger partial charge in [-0.3, -0.25) is 4.79 Å². The van der Waals surface area contributed by atoms with Gasteiger partial charge in [0, 0.05) is 18.2 Å². The van der Waals surface area contributed by atoms with E-state index in [2.05, 4.69) is 10.0 Å². The molecule has 0 atom stereocenters. The molecule has 0 saturated heterocycles. The summed E-state index contributed by atoms with van der Waals surface area (Å²) in [5, 5.41) is 11.9. The monoisotopic (exact) mass is 432 g/mol. The van der Waals surface area contributed by atoms with Crippen LogP contribution < -0.4 is 14.8 Å². The van der Waals surface area contributed by atoms with Gasteiger partial charge >= 0.3 is 0 Å². The molecule has 0 aromatic heterocycles. The van der Waals surface area contributed by atoms with Crippen LogP contribution in [-0.2, 0) is 10.0 Å². The third kappa shape index (κ3) is 5.57. The Bertz CT molecular complexity index is 935. The molecule has 0 aliphatic rings. The zero-order valence-corrected chi connectivity index (χ0v) is 16.7. The number of benzene rings is 2. The van der Waals surface area contributed by atoms with Crippen LogP contribution in [0.4, 0.5) is 5.69 Å². The van der Waals surface area contributed by atoms with Gasteiger partial charge in [-0.2, -0.15) is 0 Å². The summed E-state index contributed by atoms with van der Waals surface area (Å²) in [5.74, 6) is -0.263. The molecule has 2 rings (SSSR count). The summed E-state index contributed by atoms with van der Waals surface area (Å²) in [4.78, 5) is 12.4. The number of methoxy groups -OCH3 is 1. The van der Waals surface area contributed by atoms with E-state index in [9.17, 15) is 13.2 Å². The first-order chi connectivity index (χ1) is 12.8. The van der Waals surface area contributed by atoms with E-state index in [4.69, 9.17) is 33.0 Å². The number of sulfonamides is 1. The molecule has 27 heavy (non-hydrogen) atoms. The molecule has 3 N–H and O–H groups in total. The number of aliphatic hydroxyl groups excluding tert-OH is 1. The largest absolute Gasteiger partial charge is 0.495 e. The molecule has 0 saturated carbocycles. The van der Waals surface area contributed by atoms with Crippen LogP contribution >= 0.6 is 23.2 Å². The lowest BCUT2D eigenvalue weighted by Gasteiger charge is -2.13. The fourth-order valence-corrected chi connectivity index (χ4v) is 3.78. The number of halogens is 2. The second kappa shape index (κ2) is 9.38. The summed E-state index contributed by atoms with van der Waals surface area (Å²) in [6, 6.07) is 8.48. The fraction of sp³-hybridized carbons (Fsp3) is 0.235. The number of carbonyl (C=O) groups excluding carboxylic acids is 1. The van der Waals surface area contributed by atoms with Gasteiger partial charge in [0.05, 0.1) is 28.3 Å². The Balaban J connectivity index is 2.31. The summed E-state index contributed by atoms with van der Waals surface area (Å²) in [6.45, 7) is -0.0404. The van der Waals surface area contributed by atoms with Crippen LogP contribution in [0.1, 0.15) is 16.8 Å². The van der Waals surface area contributed by atoms with Crippen molar-refractivity contribution in [2.75, 3.05) is 25.6 Å². The Labute approximate surface area is 167 Å². The molecule has 0 aliphatic heterocycles. The second-order valence-electron chi connectivity index (χ2n) is 5.42. The first-order valence-electron chi connectivity index (χ1n) is 7.83. The van der Waals surface area contributed by atoms with Crippen LogP contribution in [0.2, 0.25) is 10.0 Å². The normalized spacial score (nSPS) is 11.3. The topological polar surface area (TPSA) is 105 Å². The van der Waals surface area contributed by atoms with Crippen molar-refractivity contribution in [2.45, 2.75) is 11.3 Å². The zero-order valence-electron chi connectivity index (χ0n) is 14.3. The minimum absolute atomic E-state index is 0.0567. The Morgan fingerprint density at radius 3 is 2.56 bits per heavy atom. The number of nitrogens with one attached hydrogen (secondary N) is 2. The highest BCUT2D eigenvalue weighted by atomic mass is 35.5. The van der Waals surface area contributed by atoms with Crippen molar-refractivity contribution in [1.29, 1.82) is 0 Å². The molecule has 0 bridgehead atoms. The van der Waals surface area contributed by atoms with Crippen molar-refractivity contribution in [3.05, 3.63) is 52.0 Å². The van der Waals surface area contributed by atoms with Crippen LogP contribution in [0.5, 0.6) is 5.75 Å². The van der Waals surface area contributed by atoms with Gasteiger partial charge in [-0.15, -0.1) is 0 Å². The Hall–Kier alpha value is -1.84. The molecule has 0 fully saturated rings. The molecule has 10 heteroatoms. The van der Waals surface area contributed by atoms with Crippen molar-refractivity contribution < 1.29 is 23.1 Å². The highest BCUT2D eigenvalue weighted by molar-refractivity contribution is 7.89. The molecule has 0 unspecified atom stereocenters. The number of aliphatic hydroxyl groups is 1. The maximum Gasteiger partial charge on any atom is 0.257 e. The summed E-state index contributed by atoms with van der Waals surface area (Å²) < 4.78 is 32.2. The van der Waals surface area contributed by atoms with Gasteiger partial charge in [-0.05, 0) is 42.8 Å². The molecular formula is C17H18Cl2N2O5S. The Morgan fingerprint density at radius 2 is 1.93 bits per heavy atom. The number of ether oxygens (including phenoxy) is 1. The lowest BCUT2D eigenvalue weighted by atomic mass is 10.2. The molecule has 1 amide bonds. The predicted molar refractivity (Wildman–Crippen MR) is 104 cm³/mol. The van der Waals surface area contributed by atoms with Gasteiger partial charge in [0.2, 0.25) is 10.0 Å². The minimum Gasteiger partial charge on any atom is -0.495 e. The summed E-state index contributed by atoms with van der Waals surface area (Å²) in [7, 11) is -2.41. The Morgan fingerprint density at radius 1 is 1.19 bits per heavy atom. The van der Waals surface area contributed by atoms with E-state index in [1.165, 1.54) is 43.5 Å². The van der Waals surface area contributed by atoms with Gasteiger partial charge in [0.1, 0.15) is 5.75 Å². The van der Waals surface area contributed by atoms with Crippen LogP contribution in [-0.4, -0.2) is 39.7 Å². The van der Waals surface area contributed by atoms with E-state index >= 15 is 0 Å². The second-order valence-corrected chi connectivity index (χ2v) is 8.03. The number of hydrogen-bond acceptors (Lipinski definition) is 5. The third-order valence-electron chi connectivity index (χ3n) is 3.53. The summed E-state index contributed by atoms with van der Waals surface area (Å²) in [5.41, 5.74) is 0.344. The van der Waals surface area contributed by atoms with Crippen molar-refractivity contribution in [3.63, 3.8) is 0 Å². The van der Waals surface area contributed by atoms with Gasteiger partial charge in [0.15, 0.2) is 0 Å². The van der Waals surface area contributed by atoms with Gasteiger partial charge in [-0.25, -0.2) is 13.1 Å². The summed E-state index contributed by atoms with van der Waals surface area (Å²) >= 11 is 11.9. The molecule has 146 valence electrons. The lowest BCUT2D eigenvalue weighted by Crippen LogP contribution is -2.25. The van der Waals surface area contributed by atoms with Crippen molar-refractivity contribution in [1.82, 2.24) is 4.72 Å². The molecule has 7 nitrogen and oxygen atoms in total. The molecule has 0 heterocycles. The van der Waals surface area contributed by atoms with Crippen LogP contribution in [0, 0.1) is 0 Å². The van der Waals surface area contributed by atoms with E-state index in [0.29, 0.717) is 5.02 Å². The highest BCUT2D eigenvalue weighted by Gasteiger charge is 2.18. The molecule has 0 aliphatic carbocycles. The number of carbonyl (C=O) groups is 1. The summed E-state index contributed by atoms with van der Waals surface area (Å²) in [6.07, 6.45) is 0.286. The molecular weight excluding hydrogens is 415 g/mol. The van der Waals surface area contributed by atoms with Crippen molar-refractivity contribution in [3.8, 4) is 5.75 Å². The standard InChI is InChI=1S/C17H18Cl2N2O5S/c1-26-16-6-4-12(27(24,25)20-7-2-8-22)10-15(16)21-17(23)13-5-3-11(18)9-14(13)19/h3-6,9-10,20,22H,2,7-8H2,1H3,(H,21,23). The van der Waals surface area contributed by atoms with E-state index in [0.717, 1.165) is 0 Å². The van der Waals surface area contributed by atoms with E-state index in [-0.39, 0.29) is 46.5 Å². The SMILES string of the molecule is COc1ccc(S(=O)(=O)NCCCO)cc1NC(=O)c1ccc(Cl)cc1Cl. The maximum atomic E-state index is 12.5. The average molecular weight is 433 g/mol. The fourth-order valence-electron chi connectivity index (χ4n) is 2.18. The predicted octanol–water partition coefficient (Wildman–Crippen LogP) is 2.92. The smallest absolute Gasteiger partial charge is 0.257 e. The Kier molecular flexibility index (Phi) is 7.46. The third-order valence-corrected chi connectivity index (χ3v) is 5.54. The quantitative estimate of drug-likeness (QED) is 0.556. The average Bonchev–Trinajstić information content (AvgIpc) is 2.61. The minimum atomic E-state index is -3.81.